The van der Waals surface area contributed by atoms with Crippen LogP contribution in [0.15, 0.2) is 0 Å². The van der Waals surface area contributed by atoms with Crippen LogP contribution in [0.2, 0.25) is 0 Å². The molecule has 1 atom stereocenters. The van der Waals surface area contributed by atoms with Crippen molar-refractivity contribution in [1.82, 2.24) is 10.2 Å². The van der Waals surface area contributed by atoms with Gasteiger partial charge in [0, 0.05) is 12.6 Å². The average molecular weight is 224 g/mol. The Kier molecular flexibility index (Phi) is 3.91. The Balaban J connectivity index is 1.72. The molecule has 94 valence electrons. The van der Waals surface area contributed by atoms with Gasteiger partial charge in [0.2, 0.25) is 0 Å². The zero-order valence-electron chi connectivity index (χ0n) is 11.3. The van der Waals surface area contributed by atoms with Crippen molar-refractivity contribution in [3.05, 3.63) is 0 Å². The molecular weight excluding hydrogens is 196 g/mol. The van der Waals surface area contributed by atoms with Crippen LogP contribution in [0.1, 0.15) is 46.5 Å². The van der Waals surface area contributed by atoms with Crippen LogP contribution >= 0.6 is 0 Å². The van der Waals surface area contributed by atoms with Crippen LogP contribution in [0.25, 0.3) is 0 Å². The summed E-state index contributed by atoms with van der Waals surface area (Å²) in [5.74, 6) is 0.931. The Labute approximate surface area is 101 Å². The number of likely N-dealkylation sites (tertiary alicyclic amines) is 1. The van der Waals surface area contributed by atoms with Gasteiger partial charge in [-0.1, -0.05) is 20.8 Å². The molecule has 2 aliphatic rings. The smallest absolute Gasteiger partial charge is 0.0195 e. The molecule has 0 aromatic carbocycles. The summed E-state index contributed by atoms with van der Waals surface area (Å²) in [4.78, 5) is 2.67. The van der Waals surface area contributed by atoms with Crippen molar-refractivity contribution in [2.24, 2.45) is 11.3 Å². The molecule has 2 fully saturated rings. The fourth-order valence-corrected chi connectivity index (χ4v) is 3.21. The molecule has 1 N–H and O–H groups in total. The number of rotatable bonds is 2. The lowest BCUT2D eigenvalue weighted by atomic mass is 9.75. The Morgan fingerprint density at radius 1 is 1.12 bits per heavy atom. The molecule has 16 heavy (non-hydrogen) atoms. The van der Waals surface area contributed by atoms with Crippen LogP contribution in [0, 0.1) is 11.3 Å². The number of piperidine rings is 1. The maximum atomic E-state index is 3.60. The summed E-state index contributed by atoms with van der Waals surface area (Å²) >= 11 is 0. The fraction of sp³-hybridized carbons (Fsp3) is 1.00. The van der Waals surface area contributed by atoms with Gasteiger partial charge in [-0.05, 0) is 56.7 Å². The number of nitrogens with one attached hydrogen (secondary N) is 1. The highest BCUT2D eigenvalue weighted by Crippen LogP contribution is 2.34. The molecule has 2 heterocycles. The Bertz CT molecular complexity index is 205. The van der Waals surface area contributed by atoms with Gasteiger partial charge in [-0.15, -0.1) is 0 Å². The molecule has 0 aromatic heterocycles. The summed E-state index contributed by atoms with van der Waals surface area (Å²) in [6.45, 7) is 12.4. The van der Waals surface area contributed by atoms with E-state index in [2.05, 4.69) is 31.0 Å². The molecule has 2 aliphatic heterocycles. The molecular formula is C14H28N2. The maximum absolute atomic E-state index is 3.60. The zero-order chi connectivity index (χ0) is 11.6. The van der Waals surface area contributed by atoms with Crippen molar-refractivity contribution in [2.45, 2.75) is 52.5 Å². The molecule has 0 aromatic rings. The Morgan fingerprint density at radius 2 is 1.81 bits per heavy atom. The monoisotopic (exact) mass is 224 g/mol. The summed E-state index contributed by atoms with van der Waals surface area (Å²) in [7, 11) is 0. The van der Waals surface area contributed by atoms with E-state index >= 15 is 0 Å². The lowest BCUT2D eigenvalue weighted by Crippen LogP contribution is -2.43. The van der Waals surface area contributed by atoms with Gasteiger partial charge in [0.05, 0.1) is 0 Å². The van der Waals surface area contributed by atoms with Gasteiger partial charge in [0.15, 0.2) is 0 Å². The lowest BCUT2D eigenvalue weighted by molar-refractivity contribution is 0.107. The minimum absolute atomic E-state index is 0.512. The van der Waals surface area contributed by atoms with Gasteiger partial charge >= 0.3 is 0 Å². The SMILES string of the molecule is CC(C)(C)C1CCN(C[C@H]2CCCN2)CC1. The first kappa shape index (κ1) is 12.4. The van der Waals surface area contributed by atoms with E-state index in [-0.39, 0.29) is 0 Å². The summed E-state index contributed by atoms with van der Waals surface area (Å²) in [6.07, 6.45) is 5.56. The van der Waals surface area contributed by atoms with Crippen LogP contribution in [0.5, 0.6) is 0 Å². The predicted octanol–water partition coefficient (Wildman–Crippen LogP) is 2.50. The third kappa shape index (κ3) is 3.21. The molecule has 2 heteroatoms. The number of hydrogen-bond donors (Lipinski definition) is 1. The molecule has 0 amide bonds. The van der Waals surface area contributed by atoms with E-state index in [9.17, 15) is 0 Å². The van der Waals surface area contributed by atoms with Gasteiger partial charge in [0.25, 0.3) is 0 Å². The van der Waals surface area contributed by atoms with Crippen molar-refractivity contribution in [1.29, 1.82) is 0 Å². The van der Waals surface area contributed by atoms with Crippen LogP contribution in [0.4, 0.5) is 0 Å². The minimum Gasteiger partial charge on any atom is -0.313 e. The predicted molar refractivity (Wildman–Crippen MR) is 69.6 cm³/mol. The van der Waals surface area contributed by atoms with Crippen molar-refractivity contribution in [2.75, 3.05) is 26.2 Å². The van der Waals surface area contributed by atoms with E-state index in [1.165, 1.54) is 51.9 Å². The highest BCUT2D eigenvalue weighted by atomic mass is 15.2. The van der Waals surface area contributed by atoms with Crippen molar-refractivity contribution >= 4 is 0 Å². The van der Waals surface area contributed by atoms with Crippen molar-refractivity contribution in [3.63, 3.8) is 0 Å². The first-order chi connectivity index (χ1) is 7.55. The van der Waals surface area contributed by atoms with Gasteiger partial charge in [-0.3, -0.25) is 0 Å². The molecule has 0 radical (unpaired) electrons. The highest BCUT2D eigenvalue weighted by Gasteiger charge is 2.29. The minimum atomic E-state index is 0.512. The van der Waals surface area contributed by atoms with Crippen molar-refractivity contribution < 1.29 is 0 Å². The largest absolute Gasteiger partial charge is 0.313 e. The zero-order valence-corrected chi connectivity index (χ0v) is 11.3. The first-order valence-electron chi connectivity index (χ1n) is 7.01. The molecule has 2 nitrogen and oxygen atoms in total. The second-order valence-corrected chi connectivity index (χ2v) is 6.73. The molecule has 0 spiro atoms. The highest BCUT2D eigenvalue weighted by molar-refractivity contribution is 4.84. The van der Waals surface area contributed by atoms with Crippen LogP contribution < -0.4 is 5.32 Å². The number of nitrogens with zero attached hydrogens (tertiary/aromatic N) is 1. The molecule has 2 rings (SSSR count). The second-order valence-electron chi connectivity index (χ2n) is 6.73. The quantitative estimate of drug-likeness (QED) is 0.775. The summed E-state index contributed by atoms with van der Waals surface area (Å²) in [6, 6.07) is 0.784. The summed E-state index contributed by atoms with van der Waals surface area (Å²) < 4.78 is 0. The van der Waals surface area contributed by atoms with Crippen LogP contribution in [-0.4, -0.2) is 37.1 Å². The molecule has 0 bridgehead atoms. The van der Waals surface area contributed by atoms with E-state index < -0.39 is 0 Å². The first-order valence-corrected chi connectivity index (χ1v) is 7.01. The molecule has 2 saturated heterocycles. The molecule has 0 saturated carbocycles. The average Bonchev–Trinajstić information content (AvgIpc) is 2.70. The molecule has 0 unspecified atom stereocenters. The lowest BCUT2D eigenvalue weighted by Gasteiger charge is -2.39. The van der Waals surface area contributed by atoms with E-state index in [0.29, 0.717) is 5.41 Å². The van der Waals surface area contributed by atoms with Crippen molar-refractivity contribution in [3.8, 4) is 0 Å². The summed E-state index contributed by atoms with van der Waals surface area (Å²) in [5.41, 5.74) is 0.512. The van der Waals surface area contributed by atoms with E-state index in [4.69, 9.17) is 0 Å². The Morgan fingerprint density at radius 3 is 2.31 bits per heavy atom. The Hall–Kier alpha value is -0.0800. The maximum Gasteiger partial charge on any atom is 0.0195 e. The van der Waals surface area contributed by atoms with Gasteiger partial charge in [-0.25, -0.2) is 0 Å². The normalized spacial score (nSPS) is 29.8. The second kappa shape index (κ2) is 5.05. The third-order valence-electron chi connectivity index (χ3n) is 4.45. The van der Waals surface area contributed by atoms with Crippen LogP contribution in [-0.2, 0) is 0 Å². The molecule has 0 aliphatic carbocycles. The topological polar surface area (TPSA) is 15.3 Å². The fourth-order valence-electron chi connectivity index (χ4n) is 3.21. The van der Waals surface area contributed by atoms with Gasteiger partial charge < -0.3 is 10.2 Å². The third-order valence-corrected chi connectivity index (χ3v) is 4.45. The summed E-state index contributed by atoms with van der Waals surface area (Å²) in [5, 5.41) is 3.60. The number of hydrogen-bond acceptors (Lipinski definition) is 2. The van der Waals surface area contributed by atoms with Crippen LogP contribution in [0.3, 0.4) is 0 Å². The van der Waals surface area contributed by atoms with Gasteiger partial charge in [-0.2, -0.15) is 0 Å². The van der Waals surface area contributed by atoms with E-state index in [1.807, 2.05) is 0 Å². The van der Waals surface area contributed by atoms with Gasteiger partial charge in [0.1, 0.15) is 0 Å². The van der Waals surface area contributed by atoms with E-state index in [1.54, 1.807) is 0 Å². The standard InChI is InChI=1S/C14H28N2/c1-14(2,3)12-6-9-16(10-7-12)11-13-5-4-8-15-13/h12-13,15H,4-11H2,1-3H3/t13-/m1/s1. The van der Waals surface area contributed by atoms with E-state index in [0.717, 1.165) is 12.0 Å².